The van der Waals surface area contributed by atoms with Crippen LogP contribution in [0.5, 0.6) is 11.5 Å². The van der Waals surface area contributed by atoms with Crippen LogP contribution in [0.2, 0.25) is 0 Å². The molecule has 2 rings (SSSR count). The minimum absolute atomic E-state index is 0.206. The topological polar surface area (TPSA) is 89.0 Å². The molecule has 0 atom stereocenters. The van der Waals surface area contributed by atoms with Crippen LogP contribution in [0, 0.1) is 0 Å². The lowest BCUT2D eigenvalue weighted by atomic mass is 10.2. The zero-order valence-corrected chi connectivity index (χ0v) is 15.0. The molecule has 0 aliphatic heterocycles. The van der Waals surface area contributed by atoms with E-state index in [0.717, 1.165) is 5.56 Å². The number of hydrazone groups is 1. The number of amides is 2. The van der Waals surface area contributed by atoms with Gasteiger partial charge >= 0.3 is 11.8 Å². The maximum atomic E-state index is 11.5. The van der Waals surface area contributed by atoms with E-state index < -0.39 is 11.8 Å². The summed E-state index contributed by atoms with van der Waals surface area (Å²) < 4.78 is 11.1. The van der Waals surface area contributed by atoms with Crippen LogP contribution in [-0.4, -0.2) is 31.7 Å². The van der Waals surface area contributed by atoms with Gasteiger partial charge in [-0.1, -0.05) is 36.4 Å². The van der Waals surface area contributed by atoms with Crippen molar-refractivity contribution in [1.82, 2.24) is 10.7 Å². The van der Waals surface area contributed by atoms with Crippen molar-refractivity contribution in [1.29, 1.82) is 0 Å². The van der Waals surface area contributed by atoms with Crippen molar-refractivity contribution in [2.75, 3.05) is 13.7 Å². The maximum absolute atomic E-state index is 11.5. The third-order valence-corrected chi connectivity index (χ3v) is 3.42. The molecular formula is C20H21N3O4. The Labute approximate surface area is 157 Å². The van der Waals surface area contributed by atoms with E-state index in [2.05, 4.69) is 22.4 Å². The predicted octanol–water partition coefficient (Wildman–Crippen LogP) is 2.03. The van der Waals surface area contributed by atoms with Crippen molar-refractivity contribution < 1.29 is 19.1 Å². The van der Waals surface area contributed by atoms with E-state index in [1.807, 2.05) is 30.3 Å². The fraction of sp³-hybridized carbons (Fsp3) is 0.150. The molecule has 140 valence electrons. The largest absolute Gasteiger partial charge is 0.493 e. The molecule has 2 amide bonds. The Morgan fingerprint density at radius 2 is 1.89 bits per heavy atom. The Hall–Kier alpha value is -3.61. The van der Waals surface area contributed by atoms with Gasteiger partial charge in [0.25, 0.3) is 0 Å². The molecule has 2 N–H and O–H groups in total. The van der Waals surface area contributed by atoms with Crippen LogP contribution >= 0.6 is 0 Å². The summed E-state index contributed by atoms with van der Waals surface area (Å²) in [6, 6.07) is 15.0. The average Bonchev–Trinajstić information content (AvgIpc) is 2.71. The number of carbonyl (C=O) groups excluding carboxylic acids is 2. The number of rotatable bonds is 8. The van der Waals surface area contributed by atoms with Crippen molar-refractivity contribution in [3.8, 4) is 11.5 Å². The van der Waals surface area contributed by atoms with Crippen LogP contribution < -0.4 is 20.2 Å². The lowest BCUT2D eigenvalue weighted by Gasteiger charge is -2.11. The monoisotopic (exact) mass is 367 g/mol. The molecule has 7 heteroatoms. The van der Waals surface area contributed by atoms with E-state index in [0.29, 0.717) is 23.7 Å². The number of nitrogens with one attached hydrogen (secondary N) is 2. The summed E-state index contributed by atoms with van der Waals surface area (Å²) >= 11 is 0. The molecule has 2 aromatic rings. The standard InChI is InChI=1S/C20H21N3O4/c1-3-11-21-19(24)20(25)23-22-13-16-9-10-17(18(12-16)26-2)27-14-15-7-5-4-6-8-15/h3-10,12-13H,1,11,14H2,2H3,(H,21,24)(H,23,25). The van der Waals surface area contributed by atoms with E-state index in [1.165, 1.54) is 19.4 Å². The third kappa shape index (κ3) is 6.32. The summed E-state index contributed by atoms with van der Waals surface area (Å²) in [6.07, 6.45) is 2.88. The van der Waals surface area contributed by atoms with Gasteiger partial charge < -0.3 is 14.8 Å². The number of hydrogen-bond acceptors (Lipinski definition) is 5. The van der Waals surface area contributed by atoms with E-state index >= 15 is 0 Å². The number of benzene rings is 2. The van der Waals surface area contributed by atoms with Crippen LogP contribution in [0.3, 0.4) is 0 Å². The average molecular weight is 367 g/mol. The highest BCUT2D eigenvalue weighted by molar-refractivity contribution is 6.35. The second kappa shape index (κ2) is 10.4. The first-order chi connectivity index (χ1) is 13.1. The van der Waals surface area contributed by atoms with Gasteiger partial charge in [0.05, 0.1) is 13.3 Å². The van der Waals surface area contributed by atoms with Crippen molar-refractivity contribution >= 4 is 18.0 Å². The van der Waals surface area contributed by atoms with Crippen LogP contribution in [0.1, 0.15) is 11.1 Å². The number of methoxy groups -OCH3 is 1. The second-order valence-corrected chi connectivity index (χ2v) is 5.38. The Morgan fingerprint density at radius 3 is 2.59 bits per heavy atom. The van der Waals surface area contributed by atoms with Crippen molar-refractivity contribution in [3.05, 3.63) is 72.3 Å². The molecule has 0 aliphatic carbocycles. The second-order valence-electron chi connectivity index (χ2n) is 5.38. The normalized spacial score (nSPS) is 10.3. The number of hydrogen-bond donors (Lipinski definition) is 2. The molecule has 0 spiro atoms. The number of carbonyl (C=O) groups is 2. The van der Waals surface area contributed by atoms with Gasteiger partial charge in [0.1, 0.15) is 6.61 Å². The summed E-state index contributed by atoms with van der Waals surface area (Å²) in [4.78, 5) is 22.9. The highest BCUT2D eigenvalue weighted by Crippen LogP contribution is 2.28. The first-order valence-electron chi connectivity index (χ1n) is 8.21. The fourth-order valence-electron chi connectivity index (χ4n) is 2.08. The lowest BCUT2D eigenvalue weighted by Crippen LogP contribution is -2.37. The first kappa shape index (κ1) is 19.7. The van der Waals surface area contributed by atoms with Crippen LogP contribution in [0.25, 0.3) is 0 Å². The molecule has 0 bridgehead atoms. The van der Waals surface area contributed by atoms with E-state index in [1.54, 1.807) is 18.2 Å². The van der Waals surface area contributed by atoms with Gasteiger partial charge in [0, 0.05) is 6.54 Å². The highest BCUT2D eigenvalue weighted by Gasteiger charge is 2.10. The molecular weight excluding hydrogens is 346 g/mol. The number of nitrogens with zero attached hydrogens (tertiary/aromatic N) is 1. The Morgan fingerprint density at radius 1 is 1.11 bits per heavy atom. The molecule has 0 saturated carbocycles. The quantitative estimate of drug-likeness (QED) is 0.323. The van der Waals surface area contributed by atoms with Crippen LogP contribution in [0.15, 0.2) is 66.3 Å². The summed E-state index contributed by atoms with van der Waals surface area (Å²) in [5.74, 6) is -0.520. The summed E-state index contributed by atoms with van der Waals surface area (Å²) in [5.41, 5.74) is 3.87. The summed E-state index contributed by atoms with van der Waals surface area (Å²) in [5, 5.41) is 6.12. The Bertz CT molecular complexity index is 819. The van der Waals surface area contributed by atoms with E-state index in [4.69, 9.17) is 9.47 Å². The SMILES string of the molecule is C=CCNC(=O)C(=O)NN=Cc1ccc(OCc2ccccc2)c(OC)c1. The van der Waals surface area contributed by atoms with Crippen molar-refractivity contribution in [2.24, 2.45) is 5.10 Å². The maximum Gasteiger partial charge on any atom is 0.329 e. The van der Waals surface area contributed by atoms with E-state index in [-0.39, 0.29) is 6.54 Å². The third-order valence-electron chi connectivity index (χ3n) is 3.42. The minimum atomic E-state index is -0.858. The molecule has 0 aliphatic rings. The molecule has 0 heterocycles. The molecule has 0 aromatic heterocycles. The van der Waals surface area contributed by atoms with Crippen molar-refractivity contribution in [3.63, 3.8) is 0 Å². The van der Waals surface area contributed by atoms with Gasteiger partial charge in [0.2, 0.25) is 0 Å². The van der Waals surface area contributed by atoms with Gasteiger partial charge in [-0.25, -0.2) is 5.43 Å². The zero-order chi connectivity index (χ0) is 19.5. The molecule has 0 fully saturated rings. The van der Waals surface area contributed by atoms with Crippen molar-refractivity contribution in [2.45, 2.75) is 6.61 Å². The summed E-state index contributed by atoms with van der Waals surface area (Å²) in [6.45, 7) is 4.07. The van der Waals surface area contributed by atoms with E-state index in [9.17, 15) is 9.59 Å². The summed E-state index contributed by atoms with van der Waals surface area (Å²) in [7, 11) is 1.54. The highest BCUT2D eigenvalue weighted by atomic mass is 16.5. The first-order valence-corrected chi connectivity index (χ1v) is 8.21. The smallest absolute Gasteiger partial charge is 0.329 e. The zero-order valence-electron chi connectivity index (χ0n) is 15.0. The van der Waals surface area contributed by atoms with Gasteiger partial charge in [0.15, 0.2) is 11.5 Å². The minimum Gasteiger partial charge on any atom is -0.493 e. The van der Waals surface area contributed by atoms with Gasteiger partial charge in [-0.05, 0) is 29.3 Å². The predicted molar refractivity (Wildman–Crippen MR) is 103 cm³/mol. The Kier molecular flexibility index (Phi) is 7.59. The Balaban J connectivity index is 1.95. The molecule has 0 radical (unpaired) electrons. The fourth-order valence-corrected chi connectivity index (χ4v) is 2.08. The van der Waals surface area contributed by atoms with Gasteiger partial charge in [-0.3, -0.25) is 9.59 Å². The molecule has 2 aromatic carbocycles. The molecule has 7 nitrogen and oxygen atoms in total. The van der Waals surface area contributed by atoms with Crippen LogP contribution in [-0.2, 0) is 16.2 Å². The lowest BCUT2D eigenvalue weighted by molar-refractivity contribution is -0.139. The molecule has 0 saturated heterocycles. The number of ether oxygens (including phenoxy) is 2. The van der Waals surface area contributed by atoms with Crippen LogP contribution in [0.4, 0.5) is 0 Å². The van der Waals surface area contributed by atoms with Gasteiger partial charge in [-0.15, -0.1) is 6.58 Å². The molecule has 0 unspecified atom stereocenters. The van der Waals surface area contributed by atoms with Gasteiger partial charge in [-0.2, -0.15) is 5.10 Å². The molecule has 27 heavy (non-hydrogen) atoms.